The highest BCUT2D eigenvalue weighted by molar-refractivity contribution is 5.97. The third-order valence-electron chi connectivity index (χ3n) is 13.3. The van der Waals surface area contributed by atoms with Crippen LogP contribution in [-0.4, -0.2) is 140 Å². The number of rotatable bonds is 35. The van der Waals surface area contributed by atoms with E-state index in [1.54, 1.807) is 55.8 Å². The van der Waals surface area contributed by atoms with Gasteiger partial charge in [0.05, 0.1) is 18.5 Å². The van der Waals surface area contributed by atoms with Crippen LogP contribution in [0.15, 0.2) is 60.8 Å². The van der Waals surface area contributed by atoms with Gasteiger partial charge in [0.25, 0.3) is 0 Å². The third-order valence-corrected chi connectivity index (χ3v) is 13.3. The van der Waals surface area contributed by atoms with E-state index in [1.165, 1.54) is 25.7 Å². The minimum absolute atomic E-state index is 0.0917. The van der Waals surface area contributed by atoms with Crippen LogP contribution in [-0.2, 0) is 59.3 Å². The highest BCUT2D eigenvalue weighted by Crippen LogP contribution is 2.41. The van der Waals surface area contributed by atoms with Gasteiger partial charge in [0, 0.05) is 74.8 Å². The number of aliphatic hydroxyl groups excluding tert-OH is 1. The third kappa shape index (κ3) is 22.4. The molecule has 0 spiro atoms. The van der Waals surface area contributed by atoms with Gasteiger partial charge in [0.1, 0.15) is 42.4 Å². The number of ketones is 1. The van der Waals surface area contributed by atoms with Crippen molar-refractivity contribution in [2.24, 2.45) is 17.1 Å². The first-order valence-electron chi connectivity index (χ1n) is 27.2. The summed E-state index contributed by atoms with van der Waals surface area (Å²) in [5.74, 6) is -13.0. The van der Waals surface area contributed by atoms with Crippen molar-refractivity contribution >= 4 is 65.0 Å². The number of aliphatic hydroxyl groups is 1. The Kier molecular flexibility index (Phi) is 27.4. The molecule has 0 saturated carbocycles. The number of carbonyl (C=O) groups is 11. The average molecular weight is 1150 g/mol. The number of carboxylic acids is 2. The summed E-state index contributed by atoms with van der Waals surface area (Å²) in [6, 6.07) is 5.45. The molecule has 0 aliphatic rings. The maximum Gasteiger partial charge on any atom is 0.326 e. The minimum Gasteiger partial charge on any atom is -0.481 e. The van der Waals surface area contributed by atoms with Gasteiger partial charge in [-0.05, 0) is 61.4 Å². The van der Waals surface area contributed by atoms with Gasteiger partial charge in [-0.3, -0.25) is 47.9 Å². The highest BCUT2D eigenvalue weighted by Gasteiger charge is 2.39. The molecule has 7 atom stereocenters. The summed E-state index contributed by atoms with van der Waals surface area (Å²) < 4.78 is 31.8. The number of benzene rings is 2. The average Bonchev–Trinajstić information content (AvgIpc) is 4.07. The van der Waals surface area contributed by atoms with Crippen molar-refractivity contribution < 1.29 is 76.8 Å². The molecule has 0 aliphatic heterocycles. The zero-order valence-corrected chi connectivity index (χ0v) is 47.5. The van der Waals surface area contributed by atoms with Crippen LogP contribution in [0.25, 0.3) is 11.1 Å². The van der Waals surface area contributed by atoms with Crippen LogP contribution in [0.2, 0.25) is 0 Å². The number of amides is 8. The van der Waals surface area contributed by atoms with Crippen molar-refractivity contribution in [2.45, 2.75) is 162 Å². The number of nitrogens with two attached hydrogens (primary N) is 1. The number of aliphatic carboxylic acids is 2. The maximum absolute atomic E-state index is 15.4. The van der Waals surface area contributed by atoms with E-state index in [4.69, 9.17) is 10.8 Å². The fourth-order valence-corrected chi connectivity index (χ4v) is 9.10. The van der Waals surface area contributed by atoms with E-state index in [-0.39, 0.29) is 17.7 Å². The summed E-state index contributed by atoms with van der Waals surface area (Å²) >= 11 is 0. The fraction of sp³-hybridized carbons (Fsp3) is 0.526. The number of nitrogens with zero attached hydrogens (tertiary/aromatic N) is 2. The second-order valence-corrected chi connectivity index (χ2v) is 21.3. The Morgan fingerprint density at radius 1 is 0.720 bits per heavy atom. The van der Waals surface area contributed by atoms with E-state index in [9.17, 15) is 67.3 Å². The summed E-state index contributed by atoms with van der Waals surface area (Å²) in [5.41, 5.74) is 5.90. The topological polar surface area (TPSA) is 355 Å². The van der Waals surface area contributed by atoms with Gasteiger partial charge in [0.15, 0.2) is 5.78 Å². The first-order chi connectivity index (χ1) is 38.6. The molecule has 0 radical (unpaired) electrons. The molecule has 0 saturated heterocycles. The highest BCUT2D eigenvalue weighted by atomic mass is 19.1. The standard InChI is InChI=1S/C57H79F2N9O14/c1-8-9-10-14-17-41(63-35(4)70)54(79)62-34(3)46(71)26-33(2)52(77)66-44(29-47(60)72)55(80)65-42(53(78)61-24-22-48(73)64-43(56(81)82)20-21-50(75)76)23-25-68(49(74)32-69)51(57(5,6)7)45-27-37(39-28-38(58)18-19-40(39)59)31-67(45)30-36-15-12-11-13-16-36/h11-13,15-16,18-19,27-28,31,33-34,41-44,51,69H,8-10,14,17,20-26,29-30,32H2,1-7H3,(H2,60,72)(H,61,78)(H,62,79)(H,63,70)(H,64,73)(H,65,80)(H,66,77)(H,75,76)(H,81,82)/t33-,34-,41-,42-,43+,44-,51-/m0/s1. The molecule has 0 unspecified atom stereocenters. The Balaban J connectivity index is 2.01. The van der Waals surface area contributed by atoms with Crippen LogP contribution in [0, 0.1) is 23.0 Å². The second-order valence-electron chi connectivity index (χ2n) is 21.3. The van der Waals surface area contributed by atoms with Crippen LogP contribution in [0.1, 0.15) is 136 Å². The number of nitrogens with one attached hydrogen (secondary N) is 6. The number of carboxylic acid groups (broad SMARTS) is 2. The zero-order valence-electron chi connectivity index (χ0n) is 47.5. The summed E-state index contributed by atoms with van der Waals surface area (Å²) in [6.45, 7) is 9.51. The Hall–Kier alpha value is -8.09. The lowest BCUT2D eigenvalue weighted by Crippen LogP contribution is -2.56. The number of carbonyl (C=O) groups excluding carboxylic acids is 9. The number of halogens is 2. The minimum atomic E-state index is -1.79. The molecule has 8 amide bonds. The van der Waals surface area contributed by atoms with E-state index in [1.807, 2.05) is 19.1 Å². The van der Waals surface area contributed by atoms with Crippen molar-refractivity contribution in [1.82, 2.24) is 41.4 Å². The molecule has 0 bridgehead atoms. The monoisotopic (exact) mass is 1150 g/mol. The first-order valence-corrected chi connectivity index (χ1v) is 27.2. The van der Waals surface area contributed by atoms with Gasteiger partial charge >= 0.3 is 11.9 Å². The van der Waals surface area contributed by atoms with E-state index in [0.29, 0.717) is 18.5 Å². The molecule has 23 nitrogen and oxygen atoms in total. The number of Topliss-reactive ketones (excluding diaryl/α,β-unsaturated/α-hetero) is 1. The second kappa shape index (κ2) is 33.0. The lowest BCUT2D eigenvalue weighted by molar-refractivity contribution is -0.143. The molecule has 0 aliphatic carbocycles. The zero-order chi connectivity index (χ0) is 61.4. The molecule has 3 rings (SSSR count). The molecule has 2 aromatic carbocycles. The van der Waals surface area contributed by atoms with Gasteiger partial charge in [-0.2, -0.15) is 0 Å². The summed E-state index contributed by atoms with van der Waals surface area (Å²) in [5, 5.41) is 43.8. The van der Waals surface area contributed by atoms with Gasteiger partial charge in [0.2, 0.25) is 47.3 Å². The number of unbranched alkanes of at least 4 members (excludes halogenated alkanes) is 3. The van der Waals surface area contributed by atoms with Crippen molar-refractivity contribution in [3.63, 3.8) is 0 Å². The van der Waals surface area contributed by atoms with Crippen molar-refractivity contribution in [2.75, 3.05) is 19.7 Å². The molecule has 1 aromatic heterocycles. The van der Waals surface area contributed by atoms with Crippen molar-refractivity contribution in [3.05, 3.63) is 83.7 Å². The maximum atomic E-state index is 15.4. The molecule has 450 valence electrons. The van der Waals surface area contributed by atoms with Crippen LogP contribution in [0.3, 0.4) is 0 Å². The van der Waals surface area contributed by atoms with E-state index >= 15 is 4.39 Å². The van der Waals surface area contributed by atoms with Gasteiger partial charge in [-0.15, -0.1) is 0 Å². The number of aromatic nitrogens is 1. The lowest BCUT2D eigenvalue weighted by atomic mass is 9.82. The molecular weight excluding hydrogens is 1070 g/mol. The van der Waals surface area contributed by atoms with Gasteiger partial charge < -0.3 is 62.4 Å². The molecule has 25 heteroatoms. The van der Waals surface area contributed by atoms with Crippen molar-refractivity contribution in [3.8, 4) is 11.1 Å². The number of primary amides is 1. The molecule has 82 heavy (non-hydrogen) atoms. The van der Waals surface area contributed by atoms with Crippen molar-refractivity contribution in [1.29, 1.82) is 0 Å². The van der Waals surface area contributed by atoms with Gasteiger partial charge in [-0.1, -0.05) is 90.6 Å². The Morgan fingerprint density at radius 2 is 1.37 bits per heavy atom. The van der Waals surface area contributed by atoms with E-state index in [2.05, 4.69) is 31.9 Å². The lowest BCUT2D eigenvalue weighted by Gasteiger charge is -2.41. The summed E-state index contributed by atoms with van der Waals surface area (Å²) in [4.78, 5) is 144. The Labute approximate surface area is 475 Å². The Morgan fingerprint density at radius 3 is 1.96 bits per heavy atom. The van der Waals surface area contributed by atoms with E-state index in [0.717, 1.165) is 43.0 Å². The molecule has 11 N–H and O–H groups in total. The number of hydrogen-bond donors (Lipinski definition) is 10. The van der Waals surface area contributed by atoms with Crippen LogP contribution >= 0.6 is 0 Å². The van der Waals surface area contributed by atoms with Crippen LogP contribution in [0.5, 0.6) is 0 Å². The molecule has 0 fully saturated rings. The largest absolute Gasteiger partial charge is 0.481 e. The molecule has 3 aromatic rings. The Bertz CT molecular complexity index is 2730. The predicted octanol–water partition coefficient (Wildman–Crippen LogP) is 3.14. The smallest absolute Gasteiger partial charge is 0.326 e. The quantitative estimate of drug-likeness (QED) is 0.0379. The molecule has 1 heterocycles. The molecular formula is C57H79F2N9O14. The summed E-state index contributed by atoms with van der Waals surface area (Å²) in [6.07, 6.45) is 1.88. The van der Waals surface area contributed by atoms with Crippen LogP contribution < -0.4 is 37.6 Å². The normalized spacial score (nSPS) is 13.8. The SMILES string of the molecule is CCCCCC[C@H](NC(C)=O)C(=O)N[C@@H](C)C(=O)C[C@H](C)C(=O)N[C@@H](CC(N)=O)C(=O)N[C@@H](CCN(C(=O)CO)[C@@H](c1cc(-c2cc(F)ccc2F)cn1Cc1ccccc1)C(C)(C)C)C(=O)NCCC(=O)N[C@H](CCC(=O)O)C(=O)O. The fourth-order valence-electron chi connectivity index (χ4n) is 9.10. The predicted molar refractivity (Wildman–Crippen MR) is 295 cm³/mol. The number of hydrogen-bond acceptors (Lipinski definition) is 12. The summed E-state index contributed by atoms with van der Waals surface area (Å²) in [7, 11) is 0. The van der Waals surface area contributed by atoms with Gasteiger partial charge in [-0.25, -0.2) is 13.6 Å². The first kappa shape index (κ1) is 68.2. The van der Waals surface area contributed by atoms with E-state index < -0.39 is 182 Å². The van der Waals surface area contributed by atoms with Crippen LogP contribution in [0.4, 0.5) is 8.78 Å².